The van der Waals surface area contributed by atoms with Crippen molar-refractivity contribution in [3.8, 4) is 0 Å². The molecule has 0 unspecified atom stereocenters. The van der Waals surface area contributed by atoms with Crippen LogP contribution in [0.2, 0.25) is 0 Å². The first kappa shape index (κ1) is 18.4. The molecule has 8 nitrogen and oxygen atoms in total. The molecule has 8 heteroatoms. The van der Waals surface area contributed by atoms with Crippen molar-refractivity contribution in [3.63, 3.8) is 0 Å². The van der Waals surface area contributed by atoms with Crippen LogP contribution in [0.1, 0.15) is 23.4 Å². The van der Waals surface area contributed by atoms with E-state index in [0.717, 1.165) is 25.9 Å². The number of likely N-dealkylation sites (tertiary alicyclic amines) is 1. The zero-order valence-corrected chi connectivity index (χ0v) is 12.7. The third-order valence-corrected chi connectivity index (χ3v) is 3.03. The fourth-order valence-corrected chi connectivity index (χ4v) is 1.85. The summed E-state index contributed by atoms with van der Waals surface area (Å²) in [4.78, 5) is 32.9. The monoisotopic (exact) mass is 325 g/mol. The zero-order chi connectivity index (χ0) is 17.2. The average molecular weight is 325 g/mol. The number of aliphatic carboxylic acids is 2. The number of nitrogens with zero attached hydrogens (tertiary/aromatic N) is 1. The highest BCUT2D eigenvalue weighted by atomic mass is 16.6. The van der Waals surface area contributed by atoms with Crippen LogP contribution in [0.15, 0.2) is 35.0 Å². The summed E-state index contributed by atoms with van der Waals surface area (Å²) in [5.74, 6) is -2.58. The summed E-state index contributed by atoms with van der Waals surface area (Å²) in [6.07, 6.45) is 4.45. The van der Waals surface area contributed by atoms with Crippen molar-refractivity contribution < 1.29 is 33.8 Å². The number of carboxylic acid groups (broad SMARTS) is 2. The molecule has 2 heterocycles. The van der Waals surface area contributed by atoms with Crippen LogP contribution in [0.5, 0.6) is 0 Å². The van der Waals surface area contributed by atoms with Gasteiger partial charge in [0.05, 0.1) is 6.26 Å². The van der Waals surface area contributed by atoms with E-state index in [-0.39, 0.29) is 17.8 Å². The van der Waals surface area contributed by atoms with E-state index < -0.39 is 11.9 Å². The lowest BCUT2D eigenvalue weighted by atomic mass is 10.1. The standard InChI is InChI=1S/C11H15NO3.C4H4O4/c1-12-6-4-9(5-7-12)15-11(13)10-3-2-8-14-10;5-3(6)1-2-4(7)8/h2-3,8-9H,4-7H2,1H3;1-2H,(H,5,6)(H,7,8). The Morgan fingerprint density at radius 1 is 1.22 bits per heavy atom. The zero-order valence-electron chi connectivity index (χ0n) is 12.7. The average Bonchev–Trinajstić information content (AvgIpc) is 3.02. The lowest BCUT2D eigenvalue weighted by Crippen LogP contribution is -2.35. The molecule has 126 valence electrons. The summed E-state index contributed by atoms with van der Waals surface area (Å²) < 4.78 is 10.3. The number of piperidine rings is 1. The van der Waals surface area contributed by atoms with E-state index in [4.69, 9.17) is 19.4 Å². The van der Waals surface area contributed by atoms with E-state index in [2.05, 4.69) is 11.9 Å². The van der Waals surface area contributed by atoms with Gasteiger partial charge in [-0.05, 0) is 32.0 Å². The van der Waals surface area contributed by atoms with E-state index in [1.54, 1.807) is 12.1 Å². The Kier molecular flexibility index (Phi) is 7.55. The maximum absolute atomic E-state index is 11.5. The minimum atomic E-state index is -1.26. The molecule has 0 aromatic carbocycles. The summed E-state index contributed by atoms with van der Waals surface area (Å²) in [5.41, 5.74) is 0. The van der Waals surface area contributed by atoms with Gasteiger partial charge in [-0.1, -0.05) is 0 Å². The molecule has 0 atom stereocenters. The molecule has 1 saturated heterocycles. The Morgan fingerprint density at radius 3 is 2.22 bits per heavy atom. The highest BCUT2D eigenvalue weighted by molar-refractivity contribution is 5.89. The predicted octanol–water partition coefficient (Wildman–Crippen LogP) is 1.24. The van der Waals surface area contributed by atoms with Crippen LogP contribution < -0.4 is 0 Å². The van der Waals surface area contributed by atoms with Crippen LogP contribution in [0.4, 0.5) is 0 Å². The van der Waals surface area contributed by atoms with Crippen molar-refractivity contribution in [1.29, 1.82) is 0 Å². The van der Waals surface area contributed by atoms with Gasteiger partial charge in [-0.2, -0.15) is 0 Å². The Labute approximate surface area is 132 Å². The molecular formula is C15H19NO7. The fourth-order valence-electron chi connectivity index (χ4n) is 1.85. The second-order valence-electron chi connectivity index (χ2n) is 4.90. The largest absolute Gasteiger partial charge is 0.478 e. The van der Waals surface area contributed by atoms with Gasteiger partial charge in [0.15, 0.2) is 0 Å². The molecular weight excluding hydrogens is 306 g/mol. The van der Waals surface area contributed by atoms with E-state index in [9.17, 15) is 14.4 Å². The quantitative estimate of drug-likeness (QED) is 0.627. The van der Waals surface area contributed by atoms with Gasteiger partial charge in [-0.25, -0.2) is 14.4 Å². The summed E-state index contributed by atoms with van der Waals surface area (Å²) in [5, 5.41) is 15.6. The number of furan rings is 1. The normalized spacial score (nSPS) is 15.7. The number of hydrogen-bond acceptors (Lipinski definition) is 6. The highest BCUT2D eigenvalue weighted by Gasteiger charge is 2.21. The van der Waals surface area contributed by atoms with Gasteiger partial charge >= 0.3 is 17.9 Å². The number of rotatable bonds is 4. The smallest absolute Gasteiger partial charge is 0.374 e. The van der Waals surface area contributed by atoms with Gasteiger partial charge < -0.3 is 24.3 Å². The third kappa shape index (κ3) is 7.82. The molecule has 0 amide bonds. The van der Waals surface area contributed by atoms with Crippen molar-refractivity contribution >= 4 is 17.9 Å². The maximum Gasteiger partial charge on any atom is 0.374 e. The number of carbonyl (C=O) groups excluding carboxylic acids is 1. The van der Waals surface area contributed by atoms with Gasteiger partial charge in [0.25, 0.3) is 0 Å². The molecule has 0 radical (unpaired) electrons. The molecule has 1 aliphatic rings. The van der Waals surface area contributed by atoms with Gasteiger partial charge in [-0.3, -0.25) is 0 Å². The molecule has 0 aliphatic carbocycles. The Hall–Kier alpha value is -2.61. The molecule has 0 bridgehead atoms. The molecule has 0 spiro atoms. The van der Waals surface area contributed by atoms with E-state index in [1.807, 2.05) is 0 Å². The van der Waals surface area contributed by atoms with E-state index >= 15 is 0 Å². The molecule has 1 aromatic rings. The number of ether oxygens (including phenoxy) is 1. The second kappa shape index (κ2) is 9.42. The molecule has 23 heavy (non-hydrogen) atoms. The third-order valence-electron chi connectivity index (χ3n) is 3.03. The van der Waals surface area contributed by atoms with Crippen LogP contribution in [0, 0.1) is 0 Å². The summed E-state index contributed by atoms with van der Waals surface area (Å²) in [7, 11) is 2.07. The minimum Gasteiger partial charge on any atom is -0.478 e. The van der Waals surface area contributed by atoms with Crippen molar-refractivity contribution in [1.82, 2.24) is 4.90 Å². The molecule has 0 saturated carbocycles. The maximum atomic E-state index is 11.5. The van der Waals surface area contributed by atoms with Crippen molar-refractivity contribution in [2.75, 3.05) is 20.1 Å². The molecule has 1 aliphatic heterocycles. The Balaban J connectivity index is 0.000000284. The molecule has 1 aromatic heterocycles. The fraction of sp³-hybridized carbons (Fsp3) is 0.400. The number of carbonyl (C=O) groups is 3. The van der Waals surface area contributed by atoms with Gasteiger partial charge in [0.1, 0.15) is 6.10 Å². The van der Waals surface area contributed by atoms with Gasteiger partial charge in [0.2, 0.25) is 5.76 Å². The van der Waals surface area contributed by atoms with Gasteiger partial charge in [0, 0.05) is 25.2 Å². The Bertz CT molecular complexity index is 526. The van der Waals surface area contributed by atoms with Crippen molar-refractivity contribution in [2.45, 2.75) is 18.9 Å². The predicted molar refractivity (Wildman–Crippen MR) is 79.1 cm³/mol. The number of carboxylic acids is 2. The molecule has 1 fully saturated rings. The van der Waals surface area contributed by atoms with Crippen molar-refractivity contribution in [3.05, 3.63) is 36.3 Å². The first-order valence-electron chi connectivity index (χ1n) is 6.95. The number of hydrogen-bond donors (Lipinski definition) is 2. The lowest BCUT2D eigenvalue weighted by molar-refractivity contribution is -0.134. The van der Waals surface area contributed by atoms with Crippen LogP contribution in [0.3, 0.4) is 0 Å². The topological polar surface area (TPSA) is 117 Å². The molecule has 2 rings (SSSR count). The number of esters is 1. The minimum absolute atomic E-state index is 0.0406. The molecule has 2 N–H and O–H groups in total. The SMILES string of the molecule is CN1CCC(OC(=O)c2ccco2)CC1.O=C(O)C=CC(=O)O. The van der Waals surface area contributed by atoms with Crippen LogP contribution >= 0.6 is 0 Å². The van der Waals surface area contributed by atoms with Crippen LogP contribution in [0.25, 0.3) is 0 Å². The van der Waals surface area contributed by atoms with E-state index in [0.29, 0.717) is 12.2 Å². The summed E-state index contributed by atoms with van der Waals surface area (Å²) >= 11 is 0. The van der Waals surface area contributed by atoms with Crippen molar-refractivity contribution in [2.24, 2.45) is 0 Å². The summed E-state index contributed by atoms with van der Waals surface area (Å²) in [6.45, 7) is 1.96. The van der Waals surface area contributed by atoms with Crippen LogP contribution in [-0.2, 0) is 14.3 Å². The Morgan fingerprint density at radius 2 is 1.78 bits per heavy atom. The summed E-state index contributed by atoms with van der Waals surface area (Å²) in [6, 6.07) is 3.31. The highest BCUT2D eigenvalue weighted by Crippen LogP contribution is 2.14. The first-order valence-corrected chi connectivity index (χ1v) is 6.95. The van der Waals surface area contributed by atoms with E-state index in [1.165, 1.54) is 6.26 Å². The second-order valence-corrected chi connectivity index (χ2v) is 4.90. The van der Waals surface area contributed by atoms with Crippen LogP contribution in [-0.4, -0.2) is 59.3 Å². The van der Waals surface area contributed by atoms with Gasteiger partial charge in [-0.15, -0.1) is 0 Å². The first-order chi connectivity index (χ1) is 10.9. The lowest BCUT2D eigenvalue weighted by Gasteiger charge is -2.28.